The van der Waals surface area contributed by atoms with Gasteiger partial charge in [-0.15, -0.1) is 0 Å². The number of aromatic amines is 1. The Morgan fingerprint density at radius 1 is 1.23 bits per heavy atom. The first kappa shape index (κ1) is 21.3. The predicted octanol–water partition coefficient (Wildman–Crippen LogP) is 3.44. The molecule has 31 heavy (non-hydrogen) atoms. The van der Waals surface area contributed by atoms with E-state index in [1.165, 1.54) is 25.0 Å². The third-order valence-corrected chi connectivity index (χ3v) is 6.50. The van der Waals surface area contributed by atoms with Crippen LogP contribution in [0, 0.1) is 5.41 Å². The van der Waals surface area contributed by atoms with E-state index in [4.69, 9.17) is 15.4 Å². The van der Waals surface area contributed by atoms with Gasteiger partial charge in [-0.2, -0.15) is 0 Å². The molecule has 3 heterocycles. The van der Waals surface area contributed by atoms with Crippen LogP contribution >= 0.6 is 0 Å². The van der Waals surface area contributed by atoms with Gasteiger partial charge in [-0.25, -0.2) is 9.97 Å². The summed E-state index contributed by atoms with van der Waals surface area (Å²) in [6.07, 6.45) is 12.0. The van der Waals surface area contributed by atoms with Gasteiger partial charge in [0.05, 0.1) is 17.2 Å². The SMILES string of the molecule is C/C=C\c1nc(N2CC(c3nc(NC4CCCCC4)c(C=N)c(=O)[nH]3)C2)n(C)c1CC. The second kappa shape index (κ2) is 9.08. The lowest BCUT2D eigenvalue weighted by Gasteiger charge is -2.39. The molecule has 1 saturated heterocycles. The van der Waals surface area contributed by atoms with Gasteiger partial charge in [0.1, 0.15) is 11.6 Å². The van der Waals surface area contributed by atoms with Crippen LogP contribution in [0.4, 0.5) is 11.8 Å². The fourth-order valence-electron chi connectivity index (χ4n) is 4.72. The lowest BCUT2D eigenvalue weighted by molar-refractivity contribution is 0.459. The summed E-state index contributed by atoms with van der Waals surface area (Å²) in [7, 11) is 2.06. The zero-order chi connectivity index (χ0) is 22.0. The van der Waals surface area contributed by atoms with Crippen molar-refractivity contribution in [3.63, 3.8) is 0 Å². The molecule has 0 radical (unpaired) electrons. The van der Waals surface area contributed by atoms with Crippen LogP contribution in [0.1, 0.15) is 74.6 Å². The number of aromatic nitrogens is 4. The molecular formula is C23H33N7O. The molecule has 1 saturated carbocycles. The molecule has 0 aromatic carbocycles. The van der Waals surface area contributed by atoms with Crippen LogP contribution in [0.25, 0.3) is 6.08 Å². The Morgan fingerprint density at radius 3 is 2.61 bits per heavy atom. The molecule has 2 aromatic heterocycles. The molecule has 1 aliphatic carbocycles. The number of anilines is 2. The van der Waals surface area contributed by atoms with E-state index in [0.717, 1.165) is 50.2 Å². The Kier molecular flexibility index (Phi) is 6.25. The monoisotopic (exact) mass is 423 g/mol. The van der Waals surface area contributed by atoms with Crippen LogP contribution < -0.4 is 15.8 Å². The fraction of sp³-hybridized carbons (Fsp3) is 0.565. The van der Waals surface area contributed by atoms with Crippen LogP contribution in [0.2, 0.25) is 0 Å². The number of hydrogen-bond acceptors (Lipinski definition) is 6. The summed E-state index contributed by atoms with van der Waals surface area (Å²) in [6, 6.07) is 0.331. The average Bonchev–Trinajstić information content (AvgIpc) is 3.03. The van der Waals surface area contributed by atoms with Crippen molar-refractivity contribution >= 4 is 24.1 Å². The summed E-state index contributed by atoms with van der Waals surface area (Å²) in [5.74, 6) is 2.36. The van der Waals surface area contributed by atoms with Gasteiger partial charge in [0, 0.05) is 38.1 Å². The molecule has 2 aromatic rings. The Labute approximate surface area is 183 Å². The average molecular weight is 424 g/mol. The zero-order valence-corrected chi connectivity index (χ0v) is 18.7. The number of allylic oxidation sites excluding steroid dienone is 1. The van der Waals surface area contributed by atoms with Crippen molar-refractivity contribution in [1.82, 2.24) is 19.5 Å². The van der Waals surface area contributed by atoms with Crippen LogP contribution in [-0.4, -0.2) is 44.9 Å². The van der Waals surface area contributed by atoms with E-state index in [2.05, 4.69) is 39.8 Å². The van der Waals surface area contributed by atoms with Crippen LogP contribution in [0.3, 0.4) is 0 Å². The normalized spacial score (nSPS) is 17.8. The number of hydrogen-bond donors (Lipinski definition) is 3. The van der Waals surface area contributed by atoms with E-state index < -0.39 is 0 Å². The molecule has 0 spiro atoms. The Balaban J connectivity index is 1.53. The Morgan fingerprint density at radius 2 is 1.97 bits per heavy atom. The first-order chi connectivity index (χ1) is 15.0. The summed E-state index contributed by atoms with van der Waals surface area (Å²) in [4.78, 5) is 27.4. The Bertz CT molecular complexity index is 1020. The van der Waals surface area contributed by atoms with Crippen LogP contribution in [-0.2, 0) is 13.5 Å². The molecule has 0 atom stereocenters. The minimum atomic E-state index is -0.239. The van der Waals surface area contributed by atoms with Crippen molar-refractivity contribution in [3.8, 4) is 0 Å². The second-order valence-corrected chi connectivity index (χ2v) is 8.60. The minimum absolute atomic E-state index is 0.145. The fourth-order valence-corrected chi connectivity index (χ4v) is 4.72. The van der Waals surface area contributed by atoms with E-state index in [1.807, 2.05) is 13.0 Å². The third-order valence-electron chi connectivity index (χ3n) is 6.50. The summed E-state index contributed by atoms with van der Waals surface area (Å²) in [5, 5.41) is 11.1. The number of rotatable bonds is 7. The molecule has 2 fully saturated rings. The molecule has 8 heteroatoms. The topological polar surface area (TPSA) is 103 Å². The minimum Gasteiger partial charge on any atom is -0.367 e. The van der Waals surface area contributed by atoms with Crippen molar-refractivity contribution in [2.75, 3.05) is 23.3 Å². The molecule has 0 unspecified atom stereocenters. The summed E-state index contributed by atoms with van der Waals surface area (Å²) < 4.78 is 2.16. The van der Waals surface area contributed by atoms with Crippen LogP contribution in [0.15, 0.2) is 10.9 Å². The van der Waals surface area contributed by atoms with Crippen molar-refractivity contribution in [3.05, 3.63) is 39.2 Å². The molecule has 4 rings (SSSR count). The molecule has 1 aliphatic heterocycles. The maximum atomic E-state index is 12.6. The smallest absolute Gasteiger partial charge is 0.261 e. The standard InChI is InChI=1S/C23H33N7O/c1-4-9-18-19(5-2)29(3)23(26-18)30-13-15(14-30)20-27-21(17(12-24)22(31)28-20)25-16-10-7-6-8-11-16/h4,9,12,15-16,24H,5-8,10-11,13-14H2,1-3H3,(H2,25,27,28,31)/b9-4-,24-12?. The van der Waals surface area contributed by atoms with Crippen molar-refractivity contribution < 1.29 is 0 Å². The summed E-state index contributed by atoms with van der Waals surface area (Å²) >= 11 is 0. The quantitative estimate of drug-likeness (QED) is 0.592. The van der Waals surface area contributed by atoms with Gasteiger partial charge in [0.2, 0.25) is 5.95 Å². The van der Waals surface area contributed by atoms with E-state index in [-0.39, 0.29) is 11.5 Å². The van der Waals surface area contributed by atoms with E-state index in [0.29, 0.717) is 23.2 Å². The lowest BCUT2D eigenvalue weighted by atomic mass is 9.95. The first-order valence-electron chi connectivity index (χ1n) is 11.4. The van der Waals surface area contributed by atoms with Gasteiger partial charge in [-0.05, 0) is 32.3 Å². The summed E-state index contributed by atoms with van der Waals surface area (Å²) in [5.41, 5.74) is 2.32. The molecule has 2 aliphatic rings. The molecule has 3 N–H and O–H groups in total. The van der Waals surface area contributed by atoms with E-state index >= 15 is 0 Å². The maximum Gasteiger partial charge on any atom is 0.261 e. The first-order valence-corrected chi connectivity index (χ1v) is 11.4. The molecule has 0 bridgehead atoms. The van der Waals surface area contributed by atoms with Crippen LogP contribution in [0.5, 0.6) is 0 Å². The van der Waals surface area contributed by atoms with Crippen molar-refractivity contribution in [2.24, 2.45) is 7.05 Å². The second-order valence-electron chi connectivity index (χ2n) is 8.60. The van der Waals surface area contributed by atoms with Gasteiger partial charge >= 0.3 is 0 Å². The van der Waals surface area contributed by atoms with Crippen molar-refractivity contribution in [2.45, 2.75) is 64.3 Å². The highest BCUT2D eigenvalue weighted by molar-refractivity contribution is 5.83. The number of imidazole rings is 1. The number of nitrogens with one attached hydrogen (secondary N) is 3. The van der Waals surface area contributed by atoms with E-state index in [1.54, 1.807) is 0 Å². The zero-order valence-electron chi connectivity index (χ0n) is 18.7. The molecule has 0 amide bonds. The number of nitrogens with zero attached hydrogens (tertiary/aromatic N) is 4. The number of H-pyrrole nitrogens is 1. The van der Waals surface area contributed by atoms with Gasteiger partial charge in [-0.3, -0.25) is 4.79 Å². The third kappa shape index (κ3) is 4.16. The van der Waals surface area contributed by atoms with Gasteiger partial charge in [0.25, 0.3) is 5.56 Å². The van der Waals surface area contributed by atoms with Gasteiger partial charge in [0.15, 0.2) is 0 Å². The highest BCUT2D eigenvalue weighted by Gasteiger charge is 2.34. The highest BCUT2D eigenvalue weighted by Crippen LogP contribution is 2.31. The lowest BCUT2D eigenvalue weighted by Crippen LogP contribution is -2.47. The predicted molar refractivity (Wildman–Crippen MR) is 125 cm³/mol. The Hall–Kier alpha value is -2.90. The molecule has 166 valence electrons. The van der Waals surface area contributed by atoms with Crippen molar-refractivity contribution in [1.29, 1.82) is 5.41 Å². The molecular weight excluding hydrogens is 390 g/mol. The molecule has 8 nitrogen and oxygen atoms in total. The largest absolute Gasteiger partial charge is 0.367 e. The van der Waals surface area contributed by atoms with E-state index in [9.17, 15) is 4.79 Å². The van der Waals surface area contributed by atoms with Gasteiger partial charge in [-0.1, -0.05) is 32.3 Å². The maximum absolute atomic E-state index is 12.6. The highest BCUT2D eigenvalue weighted by atomic mass is 16.1. The van der Waals surface area contributed by atoms with Gasteiger partial charge < -0.3 is 25.2 Å². The summed E-state index contributed by atoms with van der Waals surface area (Å²) in [6.45, 7) is 5.68.